The molecule has 5 heteroatoms. The zero-order chi connectivity index (χ0) is 12.3. The summed E-state index contributed by atoms with van der Waals surface area (Å²) in [5.41, 5.74) is 0. The Hall–Kier alpha value is -0.390. The van der Waals surface area contributed by atoms with Crippen LogP contribution in [0.2, 0.25) is 0 Å². The first-order valence-electron chi connectivity index (χ1n) is 5.91. The second-order valence-electron chi connectivity index (χ2n) is 4.35. The van der Waals surface area contributed by atoms with Gasteiger partial charge in [-0.2, -0.15) is 0 Å². The standard InChI is InChI=1S/C12H17BrN2OS/c1-15(9-3-2-7-14-8-6-9)12(16)10-4-5-11(13)17-10/h4-5,9,14H,2-3,6-8H2,1H3. The Labute approximate surface area is 114 Å². The number of halogens is 1. The van der Waals surface area contributed by atoms with Crippen LogP contribution in [0.25, 0.3) is 0 Å². The van der Waals surface area contributed by atoms with Crippen molar-refractivity contribution in [2.75, 3.05) is 20.1 Å². The molecule has 0 aliphatic carbocycles. The average Bonchev–Trinajstić information content (AvgIpc) is 2.60. The lowest BCUT2D eigenvalue weighted by atomic mass is 10.1. The minimum absolute atomic E-state index is 0.146. The van der Waals surface area contributed by atoms with Gasteiger partial charge in [-0.1, -0.05) is 0 Å². The minimum Gasteiger partial charge on any atom is -0.338 e. The van der Waals surface area contributed by atoms with Crippen molar-refractivity contribution in [3.05, 3.63) is 20.8 Å². The molecular weight excluding hydrogens is 300 g/mol. The van der Waals surface area contributed by atoms with E-state index in [4.69, 9.17) is 0 Å². The fourth-order valence-corrected chi connectivity index (χ4v) is 3.53. The maximum absolute atomic E-state index is 12.3. The Morgan fingerprint density at radius 2 is 2.29 bits per heavy atom. The number of carbonyl (C=O) groups excluding carboxylic acids is 1. The molecule has 2 rings (SSSR count). The first-order chi connectivity index (χ1) is 8.18. The number of thiophene rings is 1. The quantitative estimate of drug-likeness (QED) is 0.910. The molecular formula is C12H17BrN2OS. The van der Waals surface area contributed by atoms with Crippen LogP contribution in [0.15, 0.2) is 15.9 Å². The maximum Gasteiger partial charge on any atom is 0.263 e. The number of nitrogens with zero attached hydrogens (tertiary/aromatic N) is 1. The van der Waals surface area contributed by atoms with E-state index in [1.54, 1.807) is 0 Å². The van der Waals surface area contributed by atoms with Crippen molar-refractivity contribution in [2.45, 2.75) is 25.3 Å². The maximum atomic E-state index is 12.3. The largest absolute Gasteiger partial charge is 0.338 e. The molecule has 1 aliphatic heterocycles. The molecule has 1 saturated heterocycles. The molecule has 3 nitrogen and oxygen atoms in total. The predicted octanol–water partition coefficient (Wildman–Crippen LogP) is 2.72. The van der Waals surface area contributed by atoms with Gasteiger partial charge in [0.15, 0.2) is 0 Å². The van der Waals surface area contributed by atoms with E-state index in [-0.39, 0.29) is 5.91 Å². The lowest BCUT2D eigenvalue weighted by molar-refractivity contribution is 0.0725. The molecule has 94 valence electrons. The predicted molar refractivity (Wildman–Crippen MR) is 74.6 cm³/mol. The molecule has 1 aliphatic rings. The van der Waals surface area contributed by atoms with Gasteiger partial charge in [-0.05, 0) is 60.4 Å². The number of nitrogens with one attached hydrogen (secondary N) is 1. The third kappa shape index (κ3) is 3.30. The molecule has 2 heterocycles. The molecule has 1 atom stereocenters. The van der Waals surface area contributed by atoms with Crippen LogP contribution >= 0.6 is 27.3 Å². The van der Waals surface area contributed by atoms with Crippen LogP contribution in [-0.4, -0.2) is 37.0 Å². The average molecular weight is 317 g/mol. The van der Waals surface area contributed by atoms with E-state index >= 15 is 0 Å². The number of carbonyl (C=O) groups is 1. The fraction of sp³-hybridized carbons (Fsp3) is 0.583. The number of rotatable bonds is 2. The number of hydrogen-bond donors (Lipinski definition) is 1. The Bertz CT molecular complexity index is 386. The van der Waals surface area contributed by atoms with Crippen molar-refractivity contribution in [2.24, 2.45) is 0 Å². The SMILES string of the molecule is CN(C(=O)c1ccc(Br)s1)C1CCCNCC1. The zero-order valence-electron chi connectivity index (χ0n) is 9.91. The normalized spacial score (nSPS) is 20.9. The molecule has 1 fully saturated rings. The van der Waals surface area contributed by atoms with Gasteiger partial charge in [-0.15, -0.1) is 11.3 Å². The van der Waals surface area contributed by atoms with Gasteiger partial charge in [0.25, 0.3) is 5.91 Å². The van der Waals surface area contributed by atoms with Gasteiger partial charge in [-0.25, -0.2) is 0 Å². The van der Waals surface area contributed by atoms with E-state index in [9.17, 15) is 4.79 Å². The van der Waals surface area contributed by atoms with Crippen LogP contribution in [0.3, 0.4) is 0 Å². The van der Waals surface area contributed by atoms with Crippen molar-refractivity contribution in [1.29, 1.82) is 0 Å². The molecule has 1 aromatic heterocycles. The monoisotopic (exact) mass is 316 g/mol. The Balaban J connectivity index is 2.03. The van der Waals surface area contributed by atoms with E-state index in [2.05, 4.69) is 21.2 Å². The van der Waals surface area contributed by atoms with Crippen molar-refractivity contribution in [1.82, 2.24) is 10.2 Å². The summed E-state index contributed by atoms with van der Waals surface area (Å²) < 4.78 is 1.01. The van der Waals surface area contributed by atoms with Crippen LogP contribution < -0.4 is 5.32 Å². The Morgan fingerprint density at radius 1 is 1.47 bits per heavy atom. The summed E-state index contributed by atoms with van der Waals surface area (Å²) in [4.78, 5) is 15.0. The molecule has 1 amide bonds. The van der Waals surface area contributed by atoms with Crippen LogP contribution in [0.1, 0.15) is 28.9 Å². The Morgan fingerprint density at radius 3 is 3.00 bits per heavy atom. The second-order valence-corrected chi connectivity index (χ2v) is 6.82. The molecule has 0 saturated carbocycles. The van der Waals surface area contributed by atoms with Crippen molar-refractivity contribution in [3.63, 3.8) is 0 Å². The lowest BCUT2D eigenvalue weighted by Gasteiger charge is -2.26. The lowest BCUT2D eigenvalue weighted by Crippen LogP contribution is -2.37. The van der Waals surface area contributed by atoms with E-state index in [1.165, 1.54) is 11.3 Å². The number of hydrogen-bond acceptors (Lipinski definition) is 3. The zero-order valence-corrected chi connectivity index (χ0v) is 12.3. The van der Waals surface area contributed by atoms with E-state index in [1.807, 2.05) is 24.1 Å². The summed E-state index contributed by atoms with van der Waals surface area (Å²) in [5.74, 6) is 0.146. The molecule has 0 radical (unpaired) electrons. The summed E-state index contributed by atoms with van der Waals surface area (Å²) in [6, 6.07) is 4.20. The topological polar surface area (TPSA) is 32.3 Å². The summed E-state index contributed by atoms with van der Waals surface area (Å²) in [6.07, 6.45) is 3.30. The van der Waals surface area contributed by atoms with E-state index < -0.39 is 0 Å². The van der Waals surface area contributed by atoms with Gasteiger partial charge in [0, 0.05) is 13.1 Å². The third-order valence-corrected chi connectivity index (χ3v) is 4.81. The summed E-state index contributed by atoms with van der Waals surface area (Å²) in [6.45, 7) is 2.08. The summed E-state index contributed by atoms with van der Waals surface area (Å²) >= 11 is 4.90. The van der Waals surface area contributed by atoms with Gasteiger partial charge in [0.2, 0.25) is 0 Å². The highest BCUT2D eigenvalue weighted by molar-refractivity contribution is 9.11. The van der Waals surface area contributed by atoms with Crippen molar-refractivity contribution >= 4 is 33.2 Å². The molecule has 0 bridgehead atoms. The fourth-order valence-electron chi connectivity index (χ4n) is 2.16. The van der Waals surface area contributed by atoms with Crippen molar-refractivity contribution in [3.8, 4) is 0 Å². The minimum atomic E-state index is 0.146. The first kappa shape index (κ1) is 13.1. The van der Waals surface area contributed by atoms with Gasteiger partial charge in [0.05, 0.1) is 8.66 Å². The third-order valence-electron chi connectivity index (χ3n) is 3.20. The van der Waals surface area contributed by atoms with Crippen LogP contribution in [0, 0.1) is 0 Å². The smallest absolute Gasteiger partial charge is 0.263 e. The summed E-state index contributed by atoms with van der Waals surface area (Å²) in [7, 11) is 1.92. The highest BCUT2D eigenvalue weighted by Crippen LogP contribution is 2.24. The van der Waals surface area contributed by atoms with E-state index in [0.717, 1.165) is 41.0 Å². The second kappa shape index (κ2) is 5.98. The van der Waals surface area contributed by atoms with Crippen LogP contribution in [0.5, 0.6) is 0 Å². The number of amides is 1. The van der Waals surface area contributed by atoms with Crippen LogP contribution in [-0.2, 0) is 0 Å². The van der Waals surface area contributed by atoms with Gasteiger partial charge in [-0.3, -0.25) is 4.79 Å². The van der Waals surface area contributed by atoms with Crippen LogP contribution in [0.4, 0.5) is 0 Å². The van der Waals surface area contributed by atoms with Gasteiger partial charge >= 0.3 is 0 Å². The van der Waals surface area contributed by atoms with E-state index in [0.29, 0.717) is 6.04 Å². The summed E-state index contributed by atoms with van der Waals surface area (Å²) in [5, 5.41) is 3.37. The van der Waals surface area contributed by atoms with Gasteiger partial charge in [0.1, 0.15) is 0 Å². The Kier molecular flexibility index (Phi) is 4.59. The highest BCUT2D eigenvalue weighted by atomic mass is 79.9. The highest BCUT2D eigenvalue weighted by Gasteiger charge is 2.22. The molecule has 17 heavy (non-hydrogen) atoms. The molecule has 1 aromatic rings. The molecule has 1 N–H and O–H groups in total. The molecule has 0 aromatic carbocycles. The molecule has 0 spiro atoms. The van der Waals surface area contributed by atoms with Crippen molar-refractivity contribution < 1.29 is 4.79 Å². The first-order valence-corrected chi connectivity index (χ1v) is 7.52. The van der Waals surface area contributed by atoms with Gasteiger partial charge < -0.3 is 10.2 Å². The molecule has 1 unspecified atom stereocenters.